The van der Waals surface area contributed by atoms with Crippen LogP contribution in [0.5, 0.6) is 17.2 Å². The first-order valence-electron chi connectivity index (χ1n) is 11.2. The molecule has 1 aliphatic heterocycles. The first-order valence-corrected chi connectivity index (χ1v) is 11.2. The average Bonchev–Trinajstić information content (AvgIpc) is 2.89. The van der Waals surface area contributed by atoms with Crippen molar-refractivity contribution >= 4 is 6.21 Å². The van der Waals surface area contributed by atoms with E-state index in [9.17, 15) is 0 Å². The molecule has 172 valence electrons. The maximum Gasteiger partial charge on any atom is 0.203 e. The summed E-state index contributed by atoms with van der Waals surface area (Å²) < 4.78 is 16.3. The molecule has 3 aromatic carbocycles. The molecule has 0 aromatic heterocycles. The Morgan fingerprint density at radius 3 is 1.70 bits per heavy atom. The largest absolute Gasteiger partial charge is 0.493 e. The summed E-state index contributed by atoms with van der Waals surface area (Å²) in [6.07, 6.45) is 1.85. The van der Waals surface area contributed by atoms with Crippen LogP contribution < -0.4 is 14.2 Å². The molecule has 4 rings (SSSR count). The summed E-state index contributed by atoms with van der Waals surface area (Å²) in [6, 6.07) is 25.5. The average molecular weight is 446 g/mol. The maximum atomic E-state index is 5.45. The van der Waals surface area contributed by atoms with Gasteiger partial charge < -0.3 is 14.2 Å². The Bertz CT molecular complexity index is 984. The lowest BCUT2D eigenvalue weighted by Gasteiger charge is -2.38. The van der Waals surface area contributed by atoms with Gasteiger partial charge >= 0.3 is 0 Å². The summed E-state index contributed by atoms with van der Waals surface area (Å²) in [5.74, 6) is 1.83. The molecule has 0 bridgehead atoms. The number of methoxy groups -OCH3 is 3. The van der Waals surface area contributed by atoms with Gasteiger partial charge in [-0.3, -0.25) is 9.91 Å². The highest BCUT2D eigenvalue weighted by molar-refractivity contribution is 5.82. The number of hydrogen-bond donors (Lipinski definition) is 0. The molecule has 0 N–H and O–H groups in total. The second kappa shape index (κ2) is 10.9. The third-order valence-corrected chi connectivity index (χ3v) is 5.94. The minimum atomic E-state index is 0.244. The Kier molecular flexibility index (Phi) is 7.47. The fourth-order valence-corrected chi connectivity index (χ4v) is 4.29. The van der Waals surface area contributed by atoms with Gasteiger partial charge in [0.15, 0.2) is 11.5 Å². The van der Waals surface area contributed by atoms with E-state index >= 15 is 0 Å². The number of benzene rings is 3. The van der Waals surface area contributed by atoms with Crippen LogP contribution in [0.25, 0.3) is 0 Å². The Balaban J connectivity index is 1.47. The highest BCUT2D eigenvalue weighted by Gasteiger charge is 2.25. The van der Waals surface area contributed by atoms with E-state index in [2.05, 4.69) is 70.6 Å². The Morgan fingerprint density at radius 1 is 0.727 bits per heavy atom. The molecule has 0 unspecified atom stereocenters. The molecule has 0 radical (unpaired) electrons. The maximum absolute atomic E-state index is 5.45. The van der Waals surface area contributed by atoms with Crippen LogP contribution in [0.1, 0.15) is 22.7 Å². The molecular formula is C27H31N3O3. The number of hydrazone groups is 1. The zero-order valence-corrected chi connectivity index (χ0v) is 19.5. The first kappa shape index (κ1) is 22.7. The smallest absolute Gasteiger partial charge is 0.203 e. The summed E-state index contributed by atoms with van der Waals surface area (Å²) in [5.41, 5.74) is 3.54. The lowest BCUT2D eigenvalue weighted by molar-refractivity contribution is 0.113. The van der Waals surface area contributed by atoms with Gasteiger partial charge in [-0.15, -0.1) is 0 Å². The third kappa shape index (κ3) is 5.29. The van der Waals surface area contributed by atoms with E-state index in [-0.39, 0.29) is 6.04 Å². The van der Waals surface area contributed by atoms with Gasteiger partial charge in [0.05, 0.1) is 33.6 Å². The van der Waals surface area contributed by atoms with Crippen molar-refractivity contribution < 1.29 is 14.2 Å². The fourth-order valence-electron chi connectivity index (χ4n) is 4.29. The molecule has 1 heterocycles. The Morgan fingerprint density at radius 2 is 1.24 bits per heavy atom. The molecule has 6 nitrogen and oxygen atoms in total. The van der Waals surface area contributed by atoms with E-state index < -0.39 is 0 Å². The second-order valence-corrected chi connectivity index (χ2v) is 7.92. The predicted molar refractivity (Wildman–Crippen MR) is 132 cm³/mol. The van der Waals surface area contributed by atoms with Gasteiger partial charge in [-0.25, -0.2) is 0 Å². The van der Waals surface area contributed by atoms with Gasteiger partial charge in [-0.05, 0) is 23.3 Å². The summed E-state index contributed by atoms with van der Waals surface area (Å²) in [5, 5.41) is 6.85. The van der Waals surface area contributed by atoms with E-state index in [0.29, 0.717) is 17.2 Å². The van der Waals surface area contributed by atoms with Gasteiger partial charge in [-0.1, -0.05) is 60.7 Å². The monoisotopic (exact) mass is 445 g/mol. The lowest BCUT2D eigenvalue weighted by atomic mass is 9.96. The van der Waals surface area contributed by atoms with Crippen molar-refractivity contribution in [3.8, 4) is 17.2 Å². The standard InChI is InChI=1S/C27H31N3O3/c1-31-24-18-21(19-25(32-2)27(24)33-3)20-28-30-16-14-29(15-17-30)26(22-10-6-4-7-11-22)23-12-8-5-9-13-23/h4-13,18-20,26H,14-17H2,1-3H3/b28-20-. The highest BCUT2D eigenvalue weighted by atomic mass is 16.5. The molecule has 3 aromatic rings. The van der Waals surface area contributed by atoms with Crippen molar-refractivity contribution in [3.05, 3.63) is 89.5 Å². The predicted octanol–water partition coefficient (Wildman–Crippen LogP) is 4.45. The Labute approximate surface area is 196 Å². The van der Waals surface area contributed by atoms with E-state index in [1.807, 2.05) is 18.3 Å². The number of nitrogens with zero attached hydrogens (tertiary/aromatic N) is 3. The molecule has 1 aliphatic rings. The van der Waals surface area contributed by atoms with E-state index in [4.69, 9.17) is 19.3 Å². The van der Waals surface area contributed by atoms with Crippen molar-refractivity contribution in [3.63, 3.8) is 0 Å². The molecule has 0 atom stereocenters. The summed E-state index contributed by atoms with van der Waals surface area (Å²) >= 11 is 0. The van der Waals surface area contributed by atoms with Gasteiger partial charge in [0.1, 0.15) is 0 Å². The quantitative estimate of drug-likeness (QED) is 0.480. The van der Waals surface area contributed by atoms with Crippen LogP contribution in [0.3, 0.4) is 0 Å². The molecule has 0 spiro atoms. The highest BCUT2D eigenvalue weighted by Crippen LogP contribution is 2.37. The number of piperazine rings is 1. The number of hydrogen-bond acceptors (Lipinski definition) is 6. The van der Waals surface area contributed by atoms with Crippen LogP contribution in [0, 0.1) is 0 Å². The Hall–Kier alpha value is -3.51. The zero-order valence-electron chi connectivity index (χ0n) is 19.5. The van der Waals surface area contributed by atoms with Crippen LogP contribution in [0.2, 0.25) is 0 Å². The molecule has 0 amide bonds. The minimum Gasteiger partial charge on any atom is -0.493 e. The van der Waals surface area contributed by atoms with Crippen LogP contribution in [0.4, 0.5) is 0 Å². The normalized spacial score (nSPS) is 14.6. The second-order valence-electron chi connectivity index (χ2n) is 7.92. The fraction of sp³-hybridized carbons (Fsp3) is 0.296. The molecule has 0 saturated carbocycles. The molecule has 6 heteroatoms. The molecular weight excluding hydrogens is 414 g/mol. The van der Waals surface area contributed by atoms with Crippen LogP contribution in [0.15, 0.2) is 77.9 Å². The van der Waals surface area contributed by atoms with Crippen molar-refractivity contribution in [1.82, 2.24) is 9.91 Å². The van der Waals surface area contributed by atoms with E-state index in [1.54, 1.807) is 21.3 Å². The number of rotatable bonds is 8. The van der Waals surface area contributed by atoms with Crippen molar-refractivity contribution in [2.24, 2.45) is 5.10 Å². The third-order valence-electron chi connectivity index (χ3n) is 5.94. The van der Waals surface area contributed by atoms with Crippen LogP contribution in [-0.4, -0.2) is 63.6 Å². The van der Waals surface area contributed by atoms with Gasteiger partial charge in [0.2, 0.25) is 5.75 Å². The van der Waals surface area contributed by atoms with E-state index in [1.165, 1.54) is 11.1 Å². The van der Waals surface area contributed by atoms with Gasteiger partial charge in [0, 0.05) is 31.7 Å². The number of ether oxygens (including phenoxy) is 3. The lowest BCUT2D eigenvalue weighted by Crippen LogP contribution is -2.45. The van der Waals surface area contributed by atoms with Gasteiger partial charge in [0.25, 0.3) is 0 Å². The summed E-state index contributed by atoms with van der Waals surface area (Å²) in [4.78, 5) is 2.54. The molecule has 33 heavy (non-hydrogen) atoms. The molecule has 1 saturated heterocycles. The topological polar surface area (TPSA) is 46.5 Å². The SMILES string of the molecule is COc1cc(/C=N\N2CCN(C(c3ccccc3)c3ccccc3)CC2)cc(OC)c1OC. The van der Waals surface area contributed by atoms with E-state index in [0.717, 1.165) is 31.7 Å². The van der Waals surface area contributed by atoms with Gasteiger partial charge in [-0.2, -0.15) is 5.10 Å². The van der Waals surface area contributed by atoms with Crippen LogP contribution in [-0.2, 0) is 0 Å². The molecule has 1 fully saturated rings. The van der Waals surface area contributed by atoms with Crippen molar-refractivity contribution in [2.75, 3.05) is 47.5 Å². The summed E-state index contributed by atoms with van der Waals surface area (Å²) in [6.45, 7) is 3.58. The molecule has 0 aliphatic carbocycles. The van der Waals surface area contributed by atoms with Crippen LogP contribution >= 0.6 is 0 Å². The van der Waals surface area contributed by atoms with Crippen molar-refractivity contribution in [2.45, 2.75) is 6.04 Å². The zero-order chi connectivity index (χ0) is 23.0. The van der Waals surface area contributed by atoms with Crippen molar-refractivity contribution in [1.29, 1.82) is 0 Å². The first-order chi connectivity index (χ1) is 16.2. The summed E-state index contributed by atoms with van der Waals surface area (Å²) in [7, 11) is 4.84. The minimum absolute atomic E-state index is 0.244.